The van der Waals surface area contributed by atoms with Crippen molar-refractivity contribution in [3.8, 4) is 0 Å². The maximum absolute atomic E-state index is 13.0. The third-order valence-corrected chi connectivity index (χ3v) is 6.94. The van der Waals surface area contributed by atoms with Crippen LogP contribution in [-0.2, 0) is 9.59 Å². The van der Waals surface area contributed by atoms with Crippen molar-refractivity contribution in [3.05, 3.63) is 53.2 Å². The highest BCUT2D eigenvalue weighted by molar-refractivity contribution is 7.17. The number of H-pyrrole nitrogens is 1. The summed E-state index contributed by atoms with van der Waals surface area (Å²) in [4.78, 5) is 38.6. The van der Waals surface area contributed by atoms with Gasteiger partial charge in [-0.25, -0.2) is 9.97 Å². The van der Waals surface area contributed by atoms with Crippen molar-refractivity contribution in [2.45, 2.75) is 18.9 Å². The summed E-state index contributed by atoms with van der Waals surface area (Å²) < 4.78 is 0.939. The van der Waals surface area contributed by atoms with Crippen molar-refractivity contribution in [1.29, 1.82) is 0 Å². The van der Waals surface area contributed by atoms with Gasteiger partial charge in [-0.05, 0) is 43.4 Å². The molecular formula is C23H20N6O2S. The molecule has 0 spiro atoms. The largest absolute Gasteiger partial charge is 0.360 e. The van der Waals surface area contributed by atoms with Gasteiger partial charge in [0.25, 0.3) is 11.8 Å². The third kappa shape index (κ3) is 3.09. The van der Waals surface area contributed by atoms with Crippen molar-refractivity contribution < 1.29 is 9.59 Å². The number of hydrogen-bond donors (Lipinski definition) is 4. The normalized spacial score (nSPS) is 17.5. The number of amides is 2. The second-order valence-electron chi connectivity index (χ2n) is 7.98. The molecule has 32 heavy (non-hydrogen) atoms. The van der Waals surface area contributed by atoms with Gasteiger partial charge < -0.3 is 15.6 Å². The zero-order valence-electron chi connectivity index (χ0n) is 17.1. The lowest BCUT2D eigenvalue weighted by molar-refractivity contribution is -0.122. The summed E-state index contributed by atoms with van der Waals surface area (Å²) in [6, 6.07) is 9.79. The average Bonchev–Trinajstić information content (AvgIpc) is 3.49. The molecule has 160 valence electrons. The number of piperidine rings is 1. The van der Waals surface area contributed by atoms with Crippen LogP contribution in [0.3, 0.4) is 0 Å². The number of nitrogens with one attached hydrogen (secondary N) is 4. The molecule has 4 N–H and O–H groups in total. The minimum Gasteiger partial charge on any atom is -0.360 e. The number of carbonyl (C=O) groups is 2. The summed E-state index contributed by atoms with van der Waals surface area (Å²) in [6.07, 6.45) is 3.72. The molecule has 5 heterocycles. The van der Waals surface area contributed by atoms with Crippen molar-refractivity contribution in [1.82, 2.24) is 25.6 Å². The maximum Gasteiger partial charge on any atom is 0.261 e. The number of thiophene rings is 1. The fourth-order valence-corrected chi connectivity index (χ4v) is 5.33. The summed E-state index contributed by atoms with van der Waals surface area (Å²) in [5.41, 5.74) is 3.48. The van der Waals surface area contributed by atoms with E-state index in [1.165, 1.54) is 11.3 Å². The highest BCUT2D eigenvalue weighted by atomic mass is 32.1. The molecule has 1 saturated heterocycles. The van der Waals surface area contributed by atoms with Crippen LogP contribution < -0.4 is 16.0 Å². The number of fused-ring (bicyclic) bond motifs is 2. The Labute approximate surface area is 187 Å². The van der Waals surface area contributed by atoms with E-state index in [0.29, 0.717) is 22.8 Å². The molecule has 4 aromatic rings. The van der Waals surface area contributed by atoms with Crippen LogP contribution >= 0.6 is 11.3 Å². The van der Waals surface area contributed by atoms with Gasteiger partial charge >= 0.3 is 0 Å². The van der Waals surface area contributed by atoms with E-state index >= 15 is 0 Å². The van der Waals surface area contributed by atoms with Crippen LogP contribution in [0.4, 0.5) is 5.95 Å². The summed E-state index contributed by atoms with van der Waals surface area (Å²) in [7, 11) is 0. The highest BCUT2D eigenvalue weighted by Crippen LogP contribution is 2.38. The van der Waals surface area contributed by atoms with Crippen LogP contribution in [0.25, 0.3) is 32.3 Å². The number of aromatic amines is 1. The molecule has 0 aliphatic carbocycles. The number of nitrogens with zero attached hydrogens (tertiary/aromatic N) is 2. The van der Waals surface area contributed by atoms with E-state index in [9.17, 15) is 9.59 Å². The second kappa shape index (κ2) is 7.54. The number of rotatable bonds is 4. The van der Waals surface area contributed by atoms with E-state index in [2.05, 4.69) is 25.9 Å². The van der Waals surface area contributed by atoms with Gasteiger partial charge in [0.05, 0.1) is 32.6 Å². The topological polar surface area (TPSA) is 112 Å². The number of anilines is 1. The van der Waals surface area contributed by atoms with Gasteiger partial charge in [-0.2, -0.15) is 0 Å². The fourth-order valence-electron chi connectivity index (χ4n) is 4.45. The average molecular weight is 445 g/mol. The Morgan fingerprint density at radius 3 is 2.69 bits per heavy atom. The van der Waals surface area contributed by atoms with Gasteiger partial charge in [0, 0.05) is 23.2 Å². The van der Waals surface area contributed by atoms with Crippen LogP contribution in [-0.4, -0.2) is 45.9 Å². The van der Waals surface area contributed by atoms with Crippen LogP contribution in [0.1, 0.15) is 24.1 Å². The van der Waals surface area contributed by atoms with Gasteiger partial charge in [0.15, 0.2) is 0 Å². The molecule has 0 bridgehead atoms. The van der Waals surface area contributed by atoms with Gasteiger partial charge in [0.1, 0.15) is 0 Å². The van der Waals surface area contributed by atoms with E-state index in [1.807, 2.05) is 35.7 Å². The molecule has 1 aromatic carbocycles. The number of hydrogen-bond acceptors (Lipinski definition) is 7. The maximum atomic E-state index is 13.0. The fraction of sp³-hybridized carbons (Fsp3) is 0.217. The molecular weight excluding hydrogens is 424 g/mol. The molecule has 1 fully saturated rings. The van der Waals surface area contributed by atoms with E-state index in [0.717, 1.165) is 47.1 Å². The van der Waals surface area contributed by atoms with Crippen molar-refractivity contribution >= 4 is 61.4 Å². The number of imide groups is 1. The van der Waals surface area contributed by atoms with Gasteiger partial charge in [-0.15, -0.1) is 11.3 Å². The number of para-hydroxylation sites is 1. The van der Waals surface area contributed by atoms with Gasteiger partial charge in [-0.3, -0.25) is 14.9 Å². The predicted octanol–water partition coefficient (Wildman–Crippen LogP) is 2.90. The zero-order chi connectivity index (χ0) is 21.7. The Morgan fingerprint density at radius 2 is 1.81 bits per heavy atom. The Bertz CT molecular complexity index is 1410. The molecule has 6 rings (SSSR count). The summed E-state index contributed by atoms with van der Waals surface area (Å²) in [6.45, 7) is 1.88. The zero-order valence-corrected chi connectivity index (χ0v) is 17.9. The van der Waals surface area contributed by atoms with Gasteiger partial charge in [-0.1, -0.05) is 18.2 Å². The quantitative estimate of drug-likeness (QED) is 0.360. The SMILES string of the molecule is O=C1NC(=O)C(c2c[nH]c3ccsc23)=C1c1nc(NC2CCNCC2)nc2ccccc12. The summed E-state index contributed by atoms with van der Waals surface area (Å²) in [5.74, 6) is -0.373. The molecule has 9 heteroatoms. The molecule has 2 amide bonds. The first kappa shape index (κ1) is 19.1. The van der Waals surface area contributed by atoms with E-state index in [1.54, 1.807) is 6.20 Å². The van der Waals surface area contributed by atoms with Crippen molar-refractivity contribution in [3.63, 3.8) is 0 Å². The minimum absolute atomic E-state index is 0.258. The van der Waals surface area contributed by atoms with Gasteiger partial charge in [0.2, 0.25) is 5.95 Å². The molecule has 0 unspecified atom stereocenters. The molecule has 2 aliphatic rings. The molecule has 0 saturated carbocycles. The highest BCUT2D eigenvalue weighted by Gasteiger charge is 2.35. The number of carbonyl (C=O) groups excluding carboxylic acids is 2. The van der Waals surface area contributed by atoms with E-state index < -0.39 is 11.8 Å². The van der Waals surface area contributed by atoms with E-state index in [-0.39, 0.29) is 11.6 Å². The Kier molecular flexibility index (Phi) is 4.51. The second-order valence-corrected chi connectivity index (χ2v) is 8.90. The summed E-state index contributed by atoms with van der Waals surface area (Å²) >= 11 is 1.53. The smallest absolute Gasteiger partial charge is 0.261 e. The Hall–Kier alpha value is -3.56. The van der Waals surface area contributed by atoms with Crippen LogP contribution in [0.15, 0.2) is 41.9 Å². The molecule has 0 radical (unpaired) electrons. The first-order chi connectivity index (χ1) is 15.7. The van der Waals surface area contributed by atoms with Crippen LogP contribution in [0.5, 0.6) is 0 Å². The lowest BCUT2D eigenvalue weighted by atomic mass is 9.99. The standard InChI is InChI=1S/C23H20N6O2S/c30-21-17(14-11-25-16-7-10-32-20(14)16)18(22(31)29-21)19-13-3-1-2-4-15(13)27-23(28-19)26-12-5-8-24-9-6-12/h1-4,7,10-12,24-25H,5-6,8-9H2,(H,26,27,28)(H,29,30,31). The molecule has 3 aromatic heterocycles. The van der Waals surface area contributed by atoms with Crippen LogP contribution in [0.2, 0.25) is 0 Å². The number of benzene rings is 1. The lowest BCUT2D eigenvalue weighted by Crippen LogP contribution is -2.35. The van der Waals surface area contributed by atoms with E-state index in [4.69, 9.17) is 4.98 Å². The first-order valence-corrected chi connectivity index (χ1v) is 11.5. The lowest BCUT2D eigenvalue weighted by Gasteiger charge is -2.24. The van der Waals surface area contributed by atoms with Crippen molar-refractivity contribution in [2.75, 3.05) is 18.4 Å². The molecule has 8 nitrogen and oxygen atoms in total. The first-order valence-electron chi connectivity index (χ1n) is 10.6. The molecule has 0 atom stereocenters. The predicted molar refractivity (Wildman–Crippen MR) is 125 cm³/mol. The Balaban J connectivity index is 1.56. The number of aromatic nitrogens is 3. The minimum atomic E-state index is -0.437. The Morgan fingerprint density at radius 1 is 1.00 bits per heavy atom. The van der Waals surface area contributed by atoms with Crippen molar-refractivity contribution in [2.24, 2.45) is 0 Å². The molecule has 2 aliphatic heterocycles. The third-order valence-electron chi connectivity index (χ3n) is 5.99. The monoisotopic (exact) mass is 444 g/mol. The summed E-state index contributed by atoms with van der Waals surface area (Å²) in [5, 5.41) is 12.0. The van der Waals surface area contributed by atoms with Crippen LogP contribution in [0, 0.1) is 0 Å².